The second-order valence-electron chi connectivity index (χ2n) is 7.96. The number of halogens is 4. The fourth-order valence-corrected chi connectivity index (χ4v) is 4.74. The number of piperazine rings is 1. The van der Waals surface area contributed by atoms with Gasteiger partial charge in [-0.05, 0) is 23.8 Å². The van der Waals surface area contributed by atoms with Gasteiger partial charge < -0.3 is 15.4 Å². The molecule has 0 spiro atoms. The van der Waals surface area contributed by atoms with Crippen molar-refractivity contribution >= 4 is 40.6 Å². The SMILES string of the molecule is N=C(F)/C(=C\N)c1cccc(C(=O)N2CCN3C[C@H](c4ccc(F)c(Cl)c4)OC[C@@H]3C2)c1Cl. The summed E-state index contributed by atoms with van der Waals surface area (Å²) in [7, 11) is 0. The van der Waals surface area contributed by atoms with E-state index in [1.807, 2.05) is 0 Å². The van der Waals surface area contributed by atoms with Crippen LogP contribution in [-0.4, -0.2) is 60.5 Å². The predicted octanol–water partition coefficient (Wildman–Crippen LogP) is 4.28. The highest BCUT2D eigenvalue weighted by Crippen LogP contribution is 2.32. The Hall–Kier alpha value is -2.52. The number of nitrogens with one attached hydrogen (secondary N) is 1. The second kappa shape index (κ2) is 9.77. The molecule has 2 aliphatic heterocycles. The number of carbonyl (C=O) groups excluding carboxylic acids is 1. The summed E-state index contributed by atoms with van der Waals surface area (Å²) >= 11 is 12.3. The van der Waals surface area contributed by atoms with Gasteiger partial charge >= 0.3 is 0 Å². The maximum atomic E-state index is 13.5. The van der Waals surface area contributed by atoms with E-state index in [1.54, 1.807) is 29.2 Å². The molecule has 6 nitrogen and oxygen atoms in total. The van der Waals surface area contributed by atoms with Gasteiger partial charge in [-0.3, -0.25) is 15.1 Å². The number of hydrogen-bond acceptors (Lipinski definition) is 5. The number of benzene rings is 2. The van der Waals surface area contributed by atoms with E-state index in [0.717, 1.165) is 11.8 Å². The number of allylic oxidation sites excluding steroid dienone is 1. The molecule has 2 aromatic carbocycles. The van der Waals surface area contributed by atoms with Crippen LogP contribution in [0.4, 0.5) is 8.78 Å². The topological polar surface area (TPSA) is 82.6 Å². The number of morpholine rings is 1. The van der Waals surface area contributed by atoms with Gasteiger partial charge in [0, 0.05) is 37.9 Å². The van der Waals surface area contributed by atoms with E-state index in [2.05, 4.69) is 4.90 Å². The molecule has 2 atom stereocenters. The standard InChI is InChI=1S/C23H22Cl2F2N4O2/c24-18-8-13(4-5-19(18)26)20-11-30-6-7-31(10-14(30)12-33-20)23(32)16-3-1-2-15(21(16)25)17(9-28)22(27)29/h1-5,8-9,14,20,29H,6-7,10-12,28H2/b17-9-,29-22?/t14-,20+/m0/s1. The lowest BCUT2D eigenvalue weighted by Gasteiger charge is -2.46. The van der Waals surface area contributed by atoms with Gasteiger partial charge in [-0.15, -0.1) is 0 Å². The monoisotopic (exact) mass is 494 g/mol. The highest BCUT2D eigenvalue weighted by Gasteiger charge is 2.36. The minimum Gasteiger partial charge on any atom is -0.404 e. The lowest BCUT2D eigenvalue weighted by atomic mass is 10.0. The Morgan fingerprint density at radius 1 is 1.18 bits per heavy atom. The van der Waals surface area contributed by atoms with Gasteiger partial charge in [-0.25, -0.2) is 4.39 Å². The summed E-state index contributed by atoms with van der Waals surface area (Å²) in [4.78, 5) is 17.2. The van der Waals surface area contributed by atoms with Gasteiger partial charge in [0.25, 0.3) is 5.91 Å². The summed E-state index contributed by atoms with van der Waals surface area (Å²) in [6, 6.07) is 9.25. The Labute approximate surface area is 200 Å². The van der Waals surface area contributed by atoms with E-state index in [1.165, 1.54) is 12.1 Å². The average Bonchev–Trinajstić information content (AvgIpc) is 2.81. The van der Waals surface area contributed by atoms with Crippen LogP contribution in [0.2, 0.25) is 10.0 Å². The summed E-state index contributed by atoms with van der Waals surface area (Å²) in [5.41, 5.74) is 6.49. The number of nitrogens with zero attached hydrogens (tertiary/aromatic N) is 2. The van der Waals surface area contributed by atoms with Crippen molar-refractivity contribution in [3.8, 4) is 0 Å². The molecule has 0 bridgehead atoms. The van der Waals surface area contributed by atoms with Gasteiger partial charge in [0.15, 0.2) is 0 Å². The van der Waals surface area contributed by atoms with Crippen LogP contribution in [0.25, 0.3) is 5.57 Å². The quantitative estimate of drug-likeness (QED) is 0.621. The highest BCUT2D eigenvalue weighted by molar-refractivity contribution is 6.37. The first-order valence-corrected chi connectivity index (χ1v) is 11.1. The molecule has 2 heterocycles. The number of amides is 1. The van der Waals surface area contributed by atoms with E-state index >= 15 is 0 Å². The van der Waals surface area contributed by atoms with Crippen molar-refractivity contribution < 1.29 is 18.3 Å². The molecule has 0 aliphatic carbocycles. The smallest absolute Gasteiger partial charge is 0.255 e. The average molecular weight is 495 g/mol. The molecule has 2 fully saturated rings. The number of fused-ring (bicyclic) bond motifs is 1. The van der Waals surface area contributed by atoms with Crippen molar-refractivity contribution in [2.75, 3.05) is 32.8 Å². The lowest BCUT2D eigenvalue weighted by Crippen LogP contribution is -2.59. The van der Waals surface area contributed by atoms with Gasteiger partial charge in [-0.2, -0.15) is 4.39 Å². The molecule has 174 valence electrons. The number of ether oxygens (including phenoxy) is 1. The maximum Gasteiger partial charge on any atom is 0.255 e. The van der Waals surface area contributed by atoms with Crippen molar-refractivity contribution in [3.63, 3.8) is 0 Å². The van der Waals surface area contributed by atoms with Crippen LogP contribution in [0.15, 0.2) is 42.6 Å². The first-order chi connectivity index (χ1) is 15.8. The van der Waals surface area contributed by atoms with Crippen molar-refractivity contribution in [1.82, 2.24) is 9.80 Å². The molecule has 0 radical (unpaired) electrons. The Kier molecular flexibility index (Phi) is 6.99. The fraction of sp³-hybridized carbons (Fsp3) is 0.304. The van der Waals surface area contributed by atoms with Crippen molar-refractivity contribution in [1.29, 1.82) is 5.41 Å². The molecule has 3 N–H and O–H groups in total. The molecular weight excluding hydrogens is 473 g/mol. The highest BCUT2D eigenvalue weighted by atomic mass is 35.5. The van der Waals surface area contributed by atoms with Crippen molar-refractivity contribution in [2.24, 2.45) is 5.73 Å². The van der Waals surface area contributed by atoms with Gasteiger partial charge in [0.05, 0.1) is 39.9 Å². The molecule has 33 heavy (non-hydrogen) atoms. The van der Waals surface area contributed by atoms with Crippen molar-refractivity contribution in [2.45, 2.75) is 12.1 Å². The Morgan fingerprint density at radius 3 is 2.64 bits per heavy atom. The molecule has 2 aliphatic rings. The van der Waals surface area contributed by atoms with E-state index in [-0.39, 0.29) is 44.8 Å². The lowest BCUT2D eigenvalue weighted by molar-refractivity contribution is -0.0858. The molecule has 0 aromatic heterocycles. The third-order valence-electron chi connectivity index (χ3n) is 6.02. The Morgan fingerprint density at radius 2 is 1.94 bits per heavy atom. The Balaban J connectivity index is 1.46. The summed E-state index contributed by atoms with van der Waals surface area (Å²) in [5, 5.41) is 7.36. The van der Waals surface area contributed by atoms with Crippen LogP contribution in [0.3, 0.4) is 0 Å². The van der Waals surface area contributed by atoms with Crippen LogP contribution in [0.1, 0.15) is 27.6 Å². The molecule has 2 saturated heterocycles. The second-order valence-corrected chi connectivity index (χ2v) is 8.74. The fourth-order valence-electron chi connectivity index (χ4n) is 4.24. The van der Waals surface area contributed by atoms with Gasteiger partial charge in [0.1, 0.15) is 5.82 Å². The zero-order valence-corrected chi connectivity index (χ0v) is 19.0. The summed E-state index contributed by atoms with van der Waals surface area (Å²) in [6.45, 7) is 2.55. The molecule has 2 aromatic rings. The molecule has 4 rings (SSSR count). The van der Waals surface area contributed by atoms with E-state index < -0.39 is 11.8 Å². The van der Waals surface area contributed by atoms with Crippen LogP contribution in [0.5, 0.6) is 0 Å². The minimum absolute atomic E-state index is 0.00431. The minimum atomic E-state index is -1.23. The number of rotatable bonds is 4. The summed E-state index contributed by atoms with van der Waals surface area (Å²) in [6.07, 6.45) is 0.728. The van der Waals surface area contributed by atoms with Crippen LogP contribution in [0, 0.1) is 11.2 Å². The van der Waals surface area contributed by atoms with Crippen LogP contribution < -0.4 is 5.73 Å². The van der Waals surface area contributed by atoms with E-state index in [4.69, 9.17) is 39.1 Å². The molecule has 0 unspecified atom stereocenters. The zero-order valence-electron chi connectivity index (χ0n) is 17.5. The van der Waals surface area contributed by atoms with Crippen LogP contribution >= 0.6 is 23.2 Å². The normalized spacial score (nSPS) is 21.6. The third kappa shape index (κ3) is 4.75. The number of hydrogen-bond donors (Lipinski definition) is 2. The van der Waals surface area contributed by atoms with E-state index in [9.17, 15) is 13.6 Å². The summed E-state index contributed by atoms with van der Waals surface area (Å²) < 4.78 is 33.0. The largest absolute Gasteiger partial charge is 0.404 e. The van der Waals surface area contributed by atoms with Crippen LogP contribution in [-0.2, 0) is 4.74 Å². The zero-order chi connectivity index (χ0) is 23.7. The maximum absolute atomic E-state index is 13.5. The molecule has 0 saturated carbocycles. The van der Waals surface area contributed by atoms with Crippen molar-refractivity contribution in [3.05, 3.63) is 75.2 Å². The Bertz CT molecular complexity index is 1130. The number of carbonyl (C=O) groups is 1. The van der Waals surface area contributed by atoms with E-state index in [0.29, 0.717) is 32.8 Å². The summed E-state index contributed by atoms with van der Waals surface area (Å²) in [5.74, 6) is -1.98. The van der Waals surface area contributed by atoms with Gasteiger partial charge in [0.2, 0.25) is 5.97 Å². The predicted molar refractivity (Wildman–Crippen MR) is 124 cm³/mol. The first-order valence-electron chi connectivity index (χ1n) is 10.3. The van der Waals surface area contributed by atoms with Gasteiger partial charge in [-0.1, -0.05) is 41.4 Å². The first kappa shape index (κ1) is 23.6. The molecule has 10 heteroatoms. The molecule has 1 amide bonds. The molecular formula is C23H22Cl2F2N4O2. The third-order valence-corrected chi connectivity index (χ3v) is 6.72. The number of nitrogens with two attached hydrogens (primary N) is 1.